The van der Waals surface area contributed by atoms with Crippen LogP contribution in [0.15, 0.2) is 291 Å². The number of carbonyl (C=O) groups is 4. The smallest absolute Gasteiger partial charge is 0.227 e. The molecular formula is C103H102F4N4O15. The largest absolute Gasteiger partial charge is 0.508 e. The number of para-hydroxylation sites is 4. The molecule has 4 aliphatic rings. The summed E-state index contributed by atoms with van der Waals surface area (Å²) in [7, 11) is 4.62. The normalized spacial score (nSPS) is 19.1. The molecule has 0 spiro atoms. The summed E-state index contributed by atoms with van der Waals surface area (Å²) in [6, 6.07) is 79.9. The number of rotatable bonds is 27. The Morgan fingerprint density at radius 2 is 0.556 bits per heavy atom. The van der Waals surface area contributed by atoms with Crippen molar-refractivity contribution < 1.29 is 91.8 Å². The third-order valence-electron chi connectivity index (χ3n) is 24.0. The molecule has 4 saturated heterocycles. The van der Waals surface area contributed by atoms with Gasteiger partial charge in [0.1, 0.15) is 69.3 Å². The van der Waals surface area contributed by atoms with Gasteiger partial charge in [-0.05, 0) is 249 Å². The minimum absolute atomic E-state index is 0.0299. The molecule has 0 saturated carbocycles. The molecule has 2 unspecified atom stereocenters. The summed E-state index contributed by atoms with van der Waals surface area (Å²) in [6.45, 7) is 0. The number of phenols is 5. The average Bonchev–Trinajstić information content (AvgIpc) is 1.62. The molecule has 8 N–H and O–H groups in total. The van der Waals surface area contributed by atoms with Crippen molar-refractivity contribution in [2.24, 2.45) is 23.7 Å². The molecule has 0 aromatic heterocycles. The number of hydrogen-bond donors (Lipinski definition) is 8. The Hall–Kier alpha value is -13.5. The Balaban J connectivity index is 0.000000144. The van der Waals surface area contributed by atoms with Gasteiger partial charge >= 0.3 is 0 Å². The quantitative estimate of drug-likeness (QED) is 0.0222. The van der Waals surface area contributed by atoms with Crippen molar-refractivity contribution >= 4 is 46.4 Å². The summed E-state index contributed by atoms with van der Waals surface area (Å²) in [5, 5.41) is 84.2. The Morgan fingerprint density at radius 1 is 0.310 bits per heavy atom. The first kappa shape index (κ1) is 90.3. The van der Waals surface area contributed by atoms with E-state index in [0.717, 1.165) is 53.1 Å². The van der Waals surface area contributed by atoms with Gasteiger partial charge in [0, 0.05) is 95.0 Å². The molecule has 16 rings (SSSR count). The fourth-order valence-corrected chi connectivity index (χ4v) is 17.8. The minimum atomic E-state index is -0.782. The lowest BCUT2D eigenvalue weighted by Gasteiger charge is -2.30. The van der Waals surface area contributed by atoms with E-state index in [1.165, 1.54) is 74.9 Å². The fraction of sp³-hybridized carbons (Fsp3) is 0.262. The van der Waals surface area contributed by atoms with Crippen molar-refractivity contribution in [1.82, 2.24) is 0 Å². The number of phenolic OH excluding ortho intramolecular Hbond substituents is 5. The summed E-state index contributed by atoms with van der Waals surface area (Å²) >= 11 is 0. The maximum Gasteiger partial charge on any atom is 0.227 e. The van der Waals surface area contributed by atoms with Crippen LogP contribution in [0.4, 0.5) is 40.3 Å². The molecule has 23 heteroatoms. The lowest BCUT2D eigenvalue weighted by molar-refractivity contribution is -0.118. The van der Waals surface area contributed by atoms with E-state index in [0.29, 0.717) is 108 Å². The summed E-state index contributed by atoms with van der Waals surface area (Å²) in [5.74, 6) is 0.0685. The second-order valence-corrected chi connectivity index (χ2v) is 32.0. The molecule has 4 aliphatic heterocycles. The summed E-state index contributed by atoms with van der Waals surface area (Å²) in [4.78, 5) is 59.1. The highest BCUT2D eigenvalue weighted by atomic mass is 19.1. The molecular weight excluding hydrogens is 1610 g/mol. The zero-order valence-electron chi connectivity index (χ0n) is 70.0. The zero-order chi connectivity index (χ0) is 89.1. The summed E-state index contributed by atoms with van der Waals surface area (Å²) in [6.07, 6.45) is 4.39. The third kappa shape index (κ3) is 22.0. The number of anilines is 4. The van der Waals surface area contributed by atoms with Gasteiger partial charge in [0.15, 0.2) is 0 Å². The summed E-state index contributed by atoms with van der Waals surface area (Å²) in [5.41, 5.74) is 8.61. The number of nitrogens with zero attached hydrogens (tertiary/aromatic N) is 4. The molecule has 0 radical (unpaired) electrons. The van der Waals surface area contributed by atoms with E-state index >= 15 is 0 Å². The van der Waals surface area contributed by atoms with E-state index in [4.69, 9.17) is 14.2 Å². The average molecular weight is 1710 g/mol. The number of methoxy groups -OCH3 is 3. The van der Waals surface area contributed by atoms with Crippen molar-refractivity contribution in [3.05, 3.63) is 359 Å². The number of aliphatic hydroxyl groups excluding tert-OH is 3. The molecule has 4 fully saturated rings. The van der Waals surface area contributed by atoms with Gasteiger partial charge < -0.3 is 74.7 Å². The number of amides is 4. The number of carbonyl (C=O) groups excluding carboxylic acids is 4. The maximum absolute atomic E-state index is 13.2. The van der Waals surface area contributed by atoms with Crippen LogP contribution < -0.4 is 33.8 Å². The predicted octanol–water partition coefficient (Wildman–Crippen LogP) is 20.8. The number of aromatic hydroxyl groups is 5. The molecule has 4 heterocycles. The van der Waals surface area contributed by atoms with Crippen molar-refractivity contribution in [2.45, 2.75) is 126 Å². The first-order valence-corrected chi connectivity index (χ1v) is 42.1. The fourth-order valence-electron chi connectivity index (χ4n) is 17.8. The first-order valence-electron chi connectivity index (χ1n) is 42.1. The second kappa shape index (κ2) is 42.3. The first-order chi connectivity index (χ1) is 60.9. The van der Waals surface area contributed by atoms with Crippen molar-refractivity contribution in [2.75, 3.05) is 40.9 Å². The molecule has 126 heavy (non-hydrogen) atoms. The van der Waals surface area contributed by atoms with Crippen LogP contribution in [0.5, 0.6) is 46.0 Å². The highest BCUT2D eigenvalue weighted by molar-refractivity contribution is 5.99. The molecule has 12 aromatic carbocycles. The van der Waals surface area contributed by atoms with Crippen LogP contribution in [0, 0.1) is 46.9 Å². The molecule has 4 amide bonds. The van der Waals surface area contributed by atoms with E-state index in [9.17, 15) is 77.6 Å². The zero-order valence-corrected chi connectivity index (χ0v) is 70.0. The molecule has 652 valence electrons. The van der Waals surface area contributed by atoms with Crippen LogP contribution in [-0.2, 0) is 25.6 Å². The summed E-state index contributed by atoms with van der Waals surface area (Å²) < 4.78 is 68.4. The Labute approximate surface area is 729 Å². The van der Waals surface area contributed by atoms with Crippen LogP contribution in [0.3, 0.4) is 0 Å². The third-order valence-corrected chi connectivity index (χ3v) is 24.0. The highest BCUT2D eigenvalue weighted by Gasteiger charge is 2.47. The number of benzene rings is 12. The molecule has 0 bridgehead atoms. The van der Waals surface area contributed by atoms with Gasteiger partial charge in [-0.3, -0.25) is 19.2 Å². The Kier molecular flexibility index (Phi) is 30.3. The number of halogens is 4. The van der Waals surface area contributed by atoms with E-state index < -0.39 is 24.4 Å². The van der Waals surface area contributed by atoms with Crippen molar-refractivity contribution in [3.63, 3.8) is 0 Å². The van der Waals surface area contributed by atoms with Crippen LogP contribution >= 0.6 is 0 Å². The number of hydrogen-bond acceptors (Lipinski definition) is 15. The topological polar surface area (TPSA) is 271 Å². The minimum Gasteiger partial charge on any atom is -0.508 e. The van der Waals surface area contributed by atoms with Gasteiger partial charge in [0.05, 0.1) is 63.8 Å². The van der Waals surface area contributed by atoms with Gasteiger partial charge in [-0.2, -0.15) is 0 Å². The number of aliphatic hydroxyl groups is 3. The number of ether oxygens (including phenoxy) is 3. The van der Waals surface area contributed by atoms with Crippen molar-refractivity contribution in [1.29, 1.82) is 0 Å². The standard InChI is InChI=1S/2C26H26FNO4.C26H26FNO3.C25H24FNO4/c2*1-32-21-12-13-22(24(30)16-21)26-18(9-14-23(29)17-7-10-19(27)11-8-17)15-25(31)28(26)20-5-3-2-4-6-20;1-31-22-14-15-23(24(29)17-22)26-19(7-5-6-18-10-12-20(27)13-11-18)16-25(30)28(26)21-8-3-2-4-9-21;26-18-9-6-16(7-10-18)22(29)13-8-17-14-24(31)27(19-4-2-1-3-5-19)25(17)21-12-11-20(28)15-23(21)30/h2*2-8,10-13,16,18,23,26,29-30H,9,14-15H2,1H3;2-4,8-15,17,19,26,29H,5-7,16H2,1H3;1-7,9-12,15,17,22,25,28-30H,8,13-14H2/t18-,23?,26+;18-,23+,26+;19-,26+;17-,22?,25+/m1111/s1. The monoisotopic (exact) mass is 1710 g/mol. The van der Waals surface area contributed by atoms with E-state index in [1.807, 2.05) is 138 Å². The molecule has 0 aliphatic carbocycles. The maximum atomic E-state index is 13.2. The molecule has 19 nitrogen and oxygen atoms in total. The van der Waals surface area contributed by atoms with Crippen LogP contribution in [0.25, 0.3) is 0 Å². The van der Waals surface area contributed by atoms with Crippen LogP contribution in [0.1, 0.15) is 164 Å². The SMILES string of the molecule is COc1ccc([C@@H]2[C@H](CCC(O)c3ccc(F)cc3)CC(=O)N2c2ccccc2)c(O)c1.COc1ccc([C@@H]2[C@H](CCCc3ccc(F)cc3)CC(=O)N2c2ccccc2)c(O)c1.COc1ccc([C@@H]2[C@H](CC[C@H](O)c3ccc(F)cc3)CC(=O)N2c2ccccc2)c(O)c1.O=C1C[C@@H](CCC(O)c2ccc(F)cc2)[C@@H](c2ccc(O)cc2O)N1c1ccccc1. The van der Waals surface area contributed by atoms with Gasteiger partial charge in [0.25, 0.3) is 0 Å². The Morgan fingerprint density at radius 3 is 0.810 bits per heavy atom. The van der Waals surface area contributed by atoms with E-state index in [-0.39, 0.29) is 124 Å². The van der Waals surface area contributed by atoms with E-state index in [1.54, 1.807) is 119 Å². The predicted molar refractivity (Wildman–Crippen MR) is 474 cm³/mol. The lowest BCUT2D eigenvalue weighted by Crippen LogP contribution is -2.29. The molecule has 11 atom stereocenters. The second-order valence-electron chi connectivity index (χ2n) is 32.0. The van der Waals surface area contributed by atoms with Gasteiger partial charge in [-0.25, -0.2) is 17.6 Å². The van der Waals surface area contributed by atoms with Crippen molar-refractivity contribution in [3.8, 4) is 46.0 Å². The highest BCUT2D eigenvalue weighted by Crippen LogP contribution is 2.52. The Bertz CT molecular complexity index is 5400. The van der Waals surface area contributed by atoms with E-state index in [2.05, 4.69) is 0 Å². The number of aryl methyl sites for hydroxylation is 1. The lowest BCUT2D eigenvalue weighted by atomic mass is 9.87. The van der Waals surface area contributed by atoms with Gasteiger partial charge in [-0.15, -0.1) is 0 Å². The van der Waals surface area contributed by atoms with Gasteiger partial charge in [-0.1, -0.05) is 121 Å². The van der Waals surface area contributed by atoms with Gasteiger partial charge in [0.2, 0.25) is 23.6 Å². The molecule has 12 aromatic rings. The van der Waals surface area contributed by atoms with Crippen LogP contribution in [-0.4, -0.2) is 85.8 Å². The van der Waals surface area contributed by atoms with Crippen LogP contribution in [0.2, 0.25) is 0 Å².